The van der Waals surface area contributed by atoms with Crippen molar-refractivity contribution < 1.29 is 9.53 Å². The largest absolute Gasteiger partial charge is 0.464 e. The molecule has 1 heterocycles. The van der Waals surface area contributed by atoms with Crippen LogP contribution < -0.4 is 5.73 Å². The molecule has 0 atom stereocenters. The highest BCUT2D eigenvalue weighted by atomic mass is 16.5. The van der Waals surface area contributed by atoms with Crippen LogP contribution in [0.3, 0.4) is 0 Å². The summed E-state index contributed by atoms with van der Waals surface area (Å²) in [6, 6.07) is 1.58. The molecule has 1 aromatic heterocycles. The first-order valence-electron chi connectivity index (χ1n) is 3.84. The van der Waals surface area contributed by atoms with E-state index in [1.54, 1.807) is 22.9 Å². The van der Waals surface area contributed by atoms with Crippen LogP contribution in [0, 0.1) is 0 Å². The van der Waals surface area contributed by atoms with E-state index in [1.165, 1.54) is 7.11 Å². The summed E-state index contributed by atoms with van der Waals surface area (Å²) in [5.41, 5.74) is 6.53. The molecule has 0 saturated carbocycles. The van der Waals surface area contributed by atoms with Crippen molar-refractivity contribution in [3.63, 3.8) is 0 Å². The fourth-order valence-electron chi connectivity index (χ4n) is 1.10. The molecule has 2 N–H and O–H groups in total. The van der Waals surface area contributed by atoms with Gasteiger partial charge in [-0.1, -0.05) is 6.08 Å². The van der Waals surface area contributed by atoms with Crippen molar-refractivity contribution in [3.05, 3.63) is 30.6 Å². The Balaban J connectivity index is 3.03. The second kappa shape index (κ2) is 3.80. The van der Waals surface area contributed by atoms with Gasteiger partial charge in [0.25, 0.3) is 0 Å². The zero-order valence-corrected chi connectivity index (χ0v) is 7.49. The minimum absolute atomic E-state index is 0.390. The van der Waals surface area contributed by atoms with Gasteiger partial charge in [-0.25, -0.2) is 4.79 Å². The van der Waals surface area contributed by atoms with E-state index in [9.17, 15) is 4.79 Å². The van der Waals surface area contributed by atoms with Crippen LogP contribution >= 0.6 is 0 Å². The summed E-state index contributed by atoms with van der Waals surface area (Å²) >= 11 is 0. The molecule has 0 unspecified atom stereocenters. The predicted molar refractivity (Wildman–Crippen MR) is 50.4 cm³/mol. The average Bonchev–Trinajstić information content (AvgIpc) is 2.46. The smallest absolute Gasteiger partial charge is 0.354 e. The summed E-state index contributed by atoms with van der Waals surface area (Å²) in [6.07, 6.45) is 3.36. The third-order valence-corrected chi connectivity index (χ3v) is 1.64. The van der Waals surface area contributed by atoms with Gasteiger partial charge in [0, 0.05) is 12.7 Å². The zero-order valence-electron chi connectivity index (χ0n) is 7.49. The van der Waals surface area contributed by atoms with Crippen LogP contribution in [0.2, 0.25) is 0 Å². The molecule has 1 aromatic rings. The number of carbonyl (C=O) groups excluding carboxylic acids is 1. The average molecular weight is 180 g/mol. The Morgan fingerprint density at radius 2 is 2.54 bits per heavy atom. The van der Waals surface area contributed by atoms with E-state index in [4.69, 9.17) is 5.73 Å². The summed E-state index contributed by atoms with van der Waals surface area (Å²) < 4.78 is 6.28. The van der Waals surface area contributed by atoms with Gasteiger partial charge in [0.05, 0.1) is 12.8 Å². The molecule has 0 aliphatic heterocycles. The van der Waals surface area contributed by atoms with Crippen molar-refractivity contribution in [1.82, 2.24) is 4.57 Å². The maximum atomic E-state index is 11.2. The number of allylic oxidation sites excluding steroid dienone is 1. The first kappa shape index (κ1) is 9.38. The molecule has 0 fully saturated rings. The Morgan fingerprint density at radius 1 is 1.85 bits per heavy atom. The molecule has 0 spiro atoms. The second-order valence-electron chi connectivity index (χ2n) is 2.59. The maximum absolute atomic E-state index is 11.2. The molecular weight excluding hydrogens is 168 g/mol. The van der Waals surface area contributed by atoms with E-state index in [0.717, 1.165) is 0 Å². The number of rotatable bonds is 3. The topological polar surface area (TPSA) is 57.2 Å². The van der Waals surface area contributed by atoms with E-state index in [0.29, 0.717) is 17.9 Å². The standard InChI is InChI=1S/C9H12N2O2/c1-3-4-11-6-7(10)5-8(11)9(12)13-2/h3,5-6H,1,4,10H2,2H3. The summed E-state index contributed by atoms with van der Waals surface area (Å²) in [6.45, 7) is 4.12. The molecule has 0 aliphatic rings. The number of hydrogen-bond acceptors (Lipinski definition) is 3. The van der Waals surface area contributed by atoms with E-state index >= 15 is 0 Å². The van der Waals surface area contributed by atoms with Gasteiger partial charge in [-0.2, -0.15) is 0 Å². The SMILES string of the molecule is C=CCn1cc(N)cc1C(=O)OC. The minimum Gasteiger partial charge on any atom is -0.464 e. The predicted octanol–water partition coefficient (Wildman–Crippen LogP) is 1.04. The van der Waals surface area contributed by atoms with Gasteiger partial charge in [-0.3, -0.25) is 0 Å². The van der Waals surface area contributed by atoms with Crippen LogP contribution in [0.15, 0.2) is 24.9 Å². The first-order chi connectivity index (χ1) is 6.19. The van der Waals surface area contributed by atoms with Gasteiger partial charge >= 0.3 is 5.97 Å². The number of nitrogen functional groups attached to an aromatic ring is 1. The third-order valence-electron chi connectivity index (χ3n) is 1.64. The number of nitrogens with zero attached hydrogens (tertiary/aromatic N) is 1. The van der Waals surface area contributed by atoms with Crippen LogP contribution in [0.1, 0.15) is 10.5 Å². The first-order valence-corrected chi connectivity index (χ1v) is 3.84. The summed E-state index contributed by atoms with van der Waals surface area (Å²) in [7, 11) is 1.34. The molecular formula is C9H12N2O2. The maximum Gasteiger partial charge on any atom is 0.354 e. The normalized spacial score (nSPS) is 9.62. The van der Waals surface area contributed by atoms with Crippen molar-refractivity contribution in [2.24, 2.45) is 0 Å². The molecule has 0 aliphatic carbocycles. The van der Waals surface area contributed by atoms with Crippen LogP contribution in [0.5, 0.6) is 0 Å². The van der Waals surface area contributed by atoms with E-state index in [-0.39, 0.29) is 0 Å². The van der Waals surface area contributed by atoms with Crippen LogP contribution in [-0.2, 0) is 11.3 Å². The van der Waals surface area contributed by atoms with E-state index < -0.39 is 5.97 Å². The highest BCUT2D eigenvalue weighted by Crippen LogP contribution is 2.11. The number of esters is 1. The molecule has 0 aromatic carbocycles. The lowest BCUT2D eigenvalue weighted by atomic mass is 10.4. The highest BCUT2D eigenvalue weighted by Gasteiger charge is 2.11. The monoisotopic (exact) mass is 180 g/mol. The molecule has 1 rings (SSSR count). The minimum atomic E-state index is -0.390. The van der Waals surface area contributed by atoms with Crippen molar-refractivity contribution >= 4 is 11.7 Å². The number of methoxy groups -OCH3 is 1. The van der Waals surface area contributed by atoms with Crippen LogP contribution in [0.4, 0.5) is 5.69 Å². The number of carbonyl (C=O) groups is 1. The Bertz CT molecular complexity index is 328. The number of anilines is 1. The lowest BCUT2D eigenvalue weighted by Gasteiger charge is -2.02. The third kappa shape index (κ3) is 1.90. The van der Waals surface area contributed by atoms with Crippen molar-refractivity contribution in [2.75, 3.05) is 12.8 Å². The van der Waals surface area contributed by atoms with Crippen LogP contribution in [0.25, 0.3) is 0 Å². The van der Waals surface area contributed by atoms with Gasteiger partial charge in [0.15, 0.2) is 0 Å². The Labute approximate surface area is 76.6 Å². The number of aromatic nitrogens is 1. The Kier molecular flexibility index (Phi) is 2.74. The molecule has 0 radical (unpaired) electrons. The van der Waals surface area contributed by atoms with Gasteiger partial charge in [0.1, 0.15) is 5.69 Å². The molecule has 4 heteroatoms. The fraction of sp³-hybridized carbons (Fsp3) is 0.222. The molecule has 0 bridgehead atoms. The fourth-order valence-corrected chi connectivity index (χ4v) is 1.10. The highest BCUT2D eigenvalue weighted by molar-refractivity contribution is 5.88. The number of ether oxygens (including phenoxy) is 1. The number of hydrogen-bond donors (Lipinski definition) is 1. The molecule has 70 valence electrons. The second-order valence-corrected chi connectivity index (χ2v) is 2.59. The van der Waals surface area contributed by atoms with E-state index in [2.05, 4.69) is 11.3 Å². The summed E-state index contributed by atoms with van der Waals surface area (Å²) in [5.74, 6) is -0.390. The van der Waals surface area contributed by atoms with Gasteiger partial charge in [-0.15, -0.1) is 6.58 Å². The Morgan fingerprint density at radius 3 is 3.08 bits per heavy atom. The van der Waals surface area contributed by atoms with Crippen molar-refractivity contribution in [2.45, 2.75) is 6.54 Å². The summed E-state index contributed by atoms with van der Waals surface area (Å²) in [5, 5.41) is 0. The quantitative estimate of drug-likeness (QED) is 0.558. The number of nitrogens with two attached hydrogens (primary N) is 1. The lowest BCUT2D eigenvalue weighted by Crippen LogP contribution is -2.08. The molecule has 0 amide bonds. The van der Waals surface area contributed by atoms with Crippen molar-refractivity contribution in [3.8, 4) is 0 Å². The van der Waals surface area contributed by atoms with Crippen LogP contribution in [-0.4, -0.2) is 17.6 Å². The van der Waals surface area contributed by atoms with Gasteiger partial charge < -0.3 is 15.0 Å². The zero-order chi connectivity index (χ0) is 9.84. The summed E-state index contributed by atoms with van der Waals surface area (Å²) in [4.78, 5) is 11.2. The molecule has 13 heavy (non-hydrogen) atoms. The molecule has 4 nitrogen and oxygen atoms in total. The molecule has 0 saturated heterocycles. The Hall–Kier alpha value is -1.71. The van der Waals surface area contributed by atoms with E-state index in [1.807, 2.05) is 0 Å². The van der Waals surface area contributed by atoms with Crippen molar-refractivity contribution in [1.29, 1.82) is 0 Å². The lowest BCUT2D eigenvalue weighted by molar-refractivity contribution is 0.0589. The van der Waals surface area contributed by atoms with Gasteiger partial charge in [-0.05, 0) is 6.07 Å². The van der Waals surface area contributed by atoms with Gasteiger partial charge in [0.2, 0.25) is 0 Å².